The second-order valence-corrected chi connectivity index (χ2v) is 2.77. The number of allylic oxidation sites excluding steroid dienone is 2. The van der Waals surface area contributed by atoms with Gasteiger partial charge in [-0.2, -0.15) is 0 Å². The van der Waals surface area contributed by atoms with Crippen LogP contribution in [0.25, 0.3) is 5.76 Å². The highest BCUT2D eigenvalue weighted by Crippen LogP contribution is 2.19. The Kier molecular flexibility index (Phi) is 3.62. The SMILES string of the molecule is C=C/C=C(\OC)c1ccc([N+](=O)[O-])cc1. The molecule has 0 fully saturated rings. The van der Waals surface area contributed by atoms with E-state index in [-0.39, 0.29) is 5.69 Å². The molecule has 1 aromatic carbocycles. The summed E-state index contributed by atoms with van der Waals surface area (Å²) in [6, 6.07) is 6.14. The van der Waals surface area contributed by atoms with Crippen LogP contribution in [-0.2, 0) is 4.74 Å². The Morgan fingerprint density at radius 2 is 2.07 bits per heavy atom. The van der Waals surface area contributed by atoms with E-state index >= 15 is 0 Å². The summed E-state index contributed by atoms with van der Waals surface area (Å²) in [4.78, 5) is 9.98. The van der Waals surface area contributed by atoms with Crippen LogP contribution >= 0.6 is 0 Å². The van der Waals surface area contributed by atoms with Crippen molar-refractivity contribution in [3.8, 4) is 0 Å². The van der Waals surface area contributed by atoms with Gasteiger partial charge in [-0.05, 0) is 18.2 Å². The lowest BCUT2D eigenvalue weighted by Crippen LogP contribution is -1.90. The Hall–Kier alpha value is -2.10. The van der Waals surface area contributed by atoms with E-state index in [2.05, 4.69) is 6.58 Å². The molecule has 15 heavy (non-hydrogen) atoms. The Bertz CT molecular complexity index is 393. The Labute approximate surface area is 87.6 Å². The minimum absolute atomic E-state index is 0.0628. The molecule has 0 saturated carbocycles. The van der Waals surface area contributed by atoms with Crippen molar-refractivity contribution in [1.82, 2.24) is 0 Å². The highest BCUT2D eigenvalue weighted by Gasteiger charge is 2.06. The molecule has 0 radical (unpaired) electrons. The summed E-state index contributed by atoms with van der Waals surface area (Å²) in [5.41, 5.74) is 0.843. The second-order valence-electron chi connectivity index (χ2n) is 2.77. The summed E-state index contributed by atoms with van der Waals surface area (Å²) in [5.74, 6) is 0.625. The van der Waals surface area contributed by atoms with Crippen molar-refractivity contribution in [3.63, 3.8) is 0 Å². The molecule has 0 aliphatic rings. The molecule has 0 aliphatic heterocycles. The summed E-state index contributed by atoms with van der Waals surface area (Å²) in [6.45, 7) is 3.56. The van der Waals surface area contributed by atoms with Crippen molar-refractivity contribution >= 4 is 11.4 Å². The highest BCUT2D eigenvalue weighted by atomic mass is 16.6. The first kappa shape index (κ1) is 11.0. The van der Waals surface area contributed by atoms with E-state index in [1.54, 1.807) is 24.3 Å². The number of benzene rings is 1. The number of nitro benzene ring substituents is 1. The van der Waals surface area contributed by atoms with Crippen molar-refractivity contribution < 1.29 is 9.66 Å². The lowest BCUT2D eigenvalue weighted by atomic mass is 10.1. The Balaban J connectivity index is 3.02. The van der Waals surface area contributed by atoms with Gasteiger partial charge in [-0.15, -0.1) is 0 Å². The van der Waals surface area contributed by atoms with Crippen molar-refractivity contribution in [1.29, 1.82) is 0 Å². The van der Waals surface area contributed by atoms with Crippen LogP contribution in [0.4, 0.5) is 5.69 Å². The van der Waals surface area contributed by atoms with Gasteiger partial charge >= 0.3 is 0 Å². The first-order chi connectivity index (χ1) is 7.19. The quantitative estimate of drug-likeness (QED) is 0.328. The second kappa shape index (κ2) is 4.95. The van der Waals surface area contributed by atoms with Gasteiger partial charge in [-0.1, -0.05) is 12.7 Å². The third-order valence-electron chi connectivity index (χ3n) is 1.85. The number of rotatable bonds is 4. The van der Waals surface area contributed by atoms with E-state index in [0.29, 0.717) is 5.76 Å². The maximum Gasteiger partial charge on any atom is 0.269 e. The standard InChI is InChI=1S/C11H11NO3/c1-3-4-11(15-2)9-5-7-10(8-6-9)12(13)14/h3-8H,1H2,2H3/b11-4-. The average Bonchev–Trinajstić information content (AvgIpc) is 2.26. The molecule has 0 atom stereocenters. The number of nitro groups is 1. The highest BCUT2D eigenvalue weighted by molar-refractivity contribution is 5.62. The Morgan fingerprint density at radius 3 is 2.47 bits per heavy atom. The van der Waals surface area contributed by atoms with Crippen LogP contribution in [-0.4, -0.2) is 12.0 Å². The zero-order valence-electron chi connectivity index (χ0n) is 8.34. The molecular weight excluding hydrogens is 194 g/mol. The van der Waals surface area contributed by atoms with E-state index in [9.17, 15) is 10.1 Å². The van der Waals surface area contributed by atoms with Gasteiger partial charge in [-0.25, -0.2) is 0 Å². The predicted octanol–water partition coefficient (Wildman–Crippen LogP) is 2.77. The molecule has 78 valence electrons. The van der Waals surface area contributed by atoms with E-state index in [1.165, 1.54) is 19.2 Å². The van der Waals surface area contributed by atoms with Crippen LogP contribution in [0.15, 0.2) is 43.0 Å². The first-order valence-corrected chi connectivity index (χ1v) is 4.30. The number of nitrogens with zero attached hydrogens (tertiary/aromatic N) is 1. The normalized spacial score (nSPS) is 10.9. The van der Waals surface area contributed by atoms with Gasteiger partial charge in [0.2, 0.25) is 0 Å². The molecule has 0 amide bonds. The minimum atomic E-state index is -0.437. The molecule has 0 aliphatic carbocycles. The average molecular weight is 205 g/mol. The van der Waals surface area contributed by atoms with Crippen LogP contribution in [0.5, 0.6) is 0 Å². The summed E-state index contributed by atoms with van der Waals surface area (Å²) in [5, 5.41) is 10.4. The largest absolute Gasteiger partial charge is 0.496 e. The molecular formula is C11H11NO3. The summed E-state index contributed by atoms with van der Waals surface area (Å²) < 4.78 is 5.10. The monoisotopic (exact) mass is 205 g/mol. The number of hydrogen-bond acceptors (Lipinski definition) is 3. The van der Waals surface area contributed by atoms with Crippen LogP contribution in [0, 0.1) is 10.1 Å². The van der Waals surface area contributed by atoms with Crippen LogP contribution in [0.3, 0.4) is 0 Å². The molecule has 0 N–H and O–H groups in total. The van der Waals surface area contributed by atoms with Crippen molar-refractivity contribution in [3.05, 3.63) is 58.7 Å². The van der Waals surface area contributed by atoms with E-state index < -0.39 is 4.92 Å². The molecule has 4 heteroatoms. The van der Waals surface area contributed by atoms with Gasteiger partial charge < -0.3 is 4.74 Å². The van der Waals surface area contributed by atoms with Gasteiger partial charge in [0.25, 0.3) is 5.69 Å². The summed E-state index contributed by atoms with van der Waals surface area (Å²) in [7, 11) is 1.54. The third-order valence-corrected chi connectivity index (χ3v) is 1.85. The molecule has 0 unspecified atom stereocenters. The van der Waals surface area contributed by atoms with Crippen molar-refractivity contribution in [2.24, 2.45) is 0 Å². The van der Waals surface area contributed by atoms with Gasteiger partial charge in [0.05, 0.1) is 12.0 Å². The summed E-state index contributed by atoms with van der Waals surface area (Å²) >= 11 is 0. The zero-order valence-corrected chi connectivity index (χ0v) is 8.34. The van der Waals surface area contributed by atoms with Crippen LogP contribution in [0.2, 0.25) is 0 Å². The molecule has 0 bridgehead atoms. The lowest BCUT2D eigenvalue weighted by Gasteiger charge is -2.04. The topological polar surface area (TPSA) is 52.4 Å². The maximum absolute atomic E-state index is 10.4. The molecule has 1 aromatic rings. The molecule has 0 heterocycles. The molecule has 0 aromatic heterocycles. The van der Waals surface area contributed by atoms with Gasteiger partial charge in [0.1, 0.15) is 5.76 Å². The molecule has 0 spiro atoms. The van der Waals surface area contributed by atoms with E-state index in [0.717, 1.165) is 5.56 Å². The number of methoxy groups -OCH3 is 1. The zero-order chi connectivity index (χ0) is 11.3. The van der Waals surface area contributed by atoms with E-state index in [4.69, 9.17) is 4.74 Å². The van der Waals surface area contributed by atoms with E-state index in [1.807, 2.05) is 0 Å². The lowest BCUT2D eigenvalue weighted by molar-refractivity contribution is -0.384. The van der Waals surface area contributed by atoms with Gasteiger partial charge in [0.15, 0.2) is 0 Å². The fourth-order valence-corrected chi connectivity index (χ4v) is 1.14. The van der Waals surface area contributed by atoms with Gasteiger partial charge in [-0.3, -0.25) is 10.1 Å². The first-order valence-electron chi connectivity index (χ1n) is 4.30. The Morgan fingerprint density at radius 1 is 1.47 bits per heavy atom. The summed E-state index contributed by atoms with van der Waals surface area (Å²) in [6.07, 6.45) is 3.29. The third kappa shape index (κ3) is 2.67. The fourth-order valence-electron chi connectivity index (χ4n) is 1.14. The smallest absolute Gasteiger partial charge is 0.269 e. The fraction of sp³-hybridized carbons (Fsp3) is 0.0909. The molecule has 0 saturated heterocycles. The number of hydrogen-bond donors (Lipinski definition) is 0. The predicted molar refractivity (Wildman–Crippen MR) is 58.3 cm³/mol. The number of ether oxygens (including phenoxy) is 1. The minimum Gasteiger partial charge on any atom is -0.496 e. The van der Waals surface area contributed by atoms with Crippen molar-refractivity contribution in [2.45, 2.75) is 0 Å². The molecule has 1 rings (SSSR count). The maximum atomic E-state index is 10.4. The van der Waals surface area contributed by atoms with Crippen LogP contribution < -0.4 is 0 Å². The van der Waals surface area contributed by atoms with Gasteiger partial charge in [0, 0.05) is 17.7 Å². The van der Waals surface area contributed by atoms with Crippen LogP contribution in [0.1, 0.15) is 5.56 Å². The number of non-ortho nitro benzene ring substituents is 1. The molecule has 4 nitrogen and oxygen atoms in total. The van der Waals surface area contributed by atoms with Crippen molar-refractivity contribution in [2.75, 3.05) is 7.11 Å².